The maximum atomic E-state index is 16.5. The number of alkyl halides is 2. The number of esters is 1. The molecule has 2 aliphatic heterocycles. The van der Waals surface area contributed by atoms with Gasteiger partial charge in [-0.3, -0.25) is 14.4 Å². The third-order valence-corrected chi connectivity index (χ3v) is 13.4. The van der Waals surface area contributed by atoms with Crippen LogP contribution >= 0.6 is 0 Å². The van der Waals surface area contributed by atoms with Crippen LogP contribution in [-0.4, -0.2) is 151 Å². The van der Waals surface area contributed by atoms with E-state index in [1.165, 1.54) is 53.9 Å². The number of sulfone groups is 1. The number of benzene rings is 1. The van der Waals surface area contributed by atoms with Crippen LogP contribution in [0.5, 0.6) is 0 Å². The van der Waals surface area contributed by atoms with Crippen molar-refractivity contribution >= 4 is 33.3 Å². The Balaban J connectivity index is 1.86. The zero-order valence-electron chi connectivity index (χ0n) is 36.6. The molecule has 0 saturated carbocycles. The fraction of sp³-hybridized carbons (Fsp3) is 0.762. The van der Waals surface area contributed by atoms with Gasteiger partial charge in [0, 0.05) is 50.1 Å². The van der Waals surface area contributed by atoms with Gasteiger partial charge in [-0.1, -0.05) is 39.8 Å². The summed E-state index contributed by atoms with van der Waals surface area (Å²) in [6.45, 7) is 10.2. The Morgan fingerprint density at radius 2 is 1.67 bits per heavy atom. The second kappa shape index (κ2) is 20.5. The van der Waals surface area contributed by atoms with Crippen LogP contribution in [0.3, 0.4) is 0 Å². The van der Waals surface area contributed by atoms with E-state index in [-0.39, 0.29) is 43.5 Å². The van der Waals surface area contributed by atoms with Gasteiger partial charge in [-0.25, -0.2) is 22.0 Å². The Kier molecular flexibility index (Phi) is 17.5. The number of nitrogens with zero attached hydrogens (tertiary/aromatic N) is 1. The summed E-state index contributed by atoms with van der Waals surface area (Å²) in [6.07, 6.45) is -6.95. The van der Waals surface area contributed by atoms with E-state index in [0.717, 1.165) is 13.2 Å². The van der Waals surface area contributed by atoms with Crippen molar-refractivity contribution < 1.29 is 70.6 Å². The molecule has 0 aromatic heterocycles. The minimum absolute atomic E-state index is 0.0849. The number of aliphatic hydroxyl groups excluding tert-OH is 2. The first-order chi connectivity index (χ1) is 27.7. The molecule has 0 bridgehead atoms. The van der Waals surface area contributed by atoms with Crippen LogP contribution in [-0.2, 0) is 54.4 Å². The standard InChI is InChI=1S/C42H66F2N2O13S/c1-12-31-42(8,53)36(51)25(4)33(48)23(2)21-40(6,56-10)37(26(5)35(50)41(7,44)39(52)58-31)59-38-34(49)30(19-24(3)57-38)46(9)18-17-32(47)45-28(22-43)20-27-13-15-29(16-14-27)60(11,54)55/h13-16,23-26,28,30-31,34,36-38,49,51,53H,12,17-22H2,1-11H3,(H,45,47)/t23-,24-,25+,26+,28+,30+,31-,34-,36-,37-,38+,40?,41?,42?/m1/s1. The van der Waals surface area contributed by atoms with Crippen LogP contribution < -0.4 is 5.32 Å². The minimum Gasteiger partial charge on any atom is -0.457 e. The molecule has 1 aromatic carbocycles. The minimum atomic E-state index is -3.41. The zero-order chi connectivity index (χ0) is 45.7. The molecule has 2 heterocycles. The van der Waals surface area contributed by atoms with Gasteiger partial charge in [-0.2, -0.15) is 0 Å². The molecule has 342 valence electrons. The number of amides is 1. The van der Waals surface area contributed by atoms with Gasteiger partial charge < -0.3 is 44.5 Å². The fourth-order valence-corrected chi connectivity index (χ4v) is 9.04. The Hall–Kier alpha value is -2.97. The van der Waals surface area contributed by atoms with Crippen molar-refractivity contribution in [3.05, 3.63) is 29.8 Å². The number of halogens is 2. The SMILES string of the molecule is CC[C@H]1OC(=O)C(C)(F)C(=O)[C@H](C)[C@@H](O[C@@H]2O[C@H](C)C[C@H](N(C)CCC(=O)N[C@H](CF)Cc3ccc(S(C)(=O)=O)cc3)[C@H]2O)C(C)(OC)C[C@@H](C)C(=O)[C@H](C)[C@@H](O)C1(C)O. The number of aliphatic hydroxyl groups is 3. The number of hydrogen-bond donors (Lipinski definition) is 4. The summed E-state index contributed by atoms with van der Waals surface area (Å²) in [6, 6.07) is 4.40. The van der Waals surface area contributed by atoms with E-state index >= 15 is 4.39 Å². The van der Waals surface area contributed by atoms with E-state index in [1.54, 1.807) is 37.9 Å². The van der Waals surface area contributed by atoms with Crippen molar-refractivity contribution in [3.63, 3.8) is 0 Å². The molecule has 2 fully saturated rings. The van der Waals surface area contributed by atoms with Gasteiger partial charge in [0.05, 0.1) is 34.9 Å². The van der Waals surface area contributed by atoms with Gasteiger partial charge in [0.2, 0.25) is 5.91 Å². The molecule has 15 nitrogen and oxygen atoms in total. The van der Waals surface area contributed by atoms with Crippen LogP contribution in [0.2, 0.25) is 0 Å². The molecule has 2 aliphatic rings. The lowest BCUT2D eigenvalue weighted by Gasteiger charge is -2.47. The highest BCUT2D eigenvalue weighted by molar-refractivity contribution is 7.90. The molecule has 1 aromatic rings. The summed E-state index contributed by atoms with van der Waals surface area (Å²) in [5.41, 5.74) is -6.43. The number of Topliss-reactive ketones (excluding diaryl/α,β-unsaturated/α-hetero) is 2. The zero-order valence-corrected chi connectivity index (χ0v) is 37.5. The second-order valence-electron chi connectivity index (χ2n) is 17.4. The Bertz CT molecular complexity index is 1760. The van der Waals surface area contributed by atoms with Crippen LogP contribution in [0.15, 0.2) is 29.2 Å². The van der Waals surface area contributed by atoms with Crippen molar-refractivity contribution in [2.24, 2.45) is 17.8 Å². The number of likely N-dealkylation sites (N-methyl/N-ethyl adjacent to an activating group) is 1. The van der Waals surface area contributed by atoms with E-state index in [4.69, 9.17) is 18.9 Å². The quantitative estimate of drug-likeness (QED) is 0.166. The summed E-state index contributed by atoms with van der Waals surface area (Å²) in [5, 5.41) is 37.0. The summed E-state index contributed by atoms with van der Waals surface area (Å²) in [4.78, 5) is 56.1. The molecule has 1 amide bonds. The first kappa shape index (κ1) is 51.4. The molecule has 60 heavy (non-hydrogen) atoms. The molecule has 0 radical (unpaired) electrons. The number of methoxy groups -OCH3 is 1. The van der Waals surface area contributed by atoms with Gasteiger partial charge in [-0.15, -0.1) is 0 Å². The number of nitrogens with one attached hydrogen (secondary N) is 1. The van der Waals surface area contributed by atoms with Crippen molar-refractivity contribution in [1.82, 2.24) is 10.2 Å². The number of ether oxygens (including phenoxy) is 4. The molecule has 0 aliphatic carbocycles. The lowest BCUT2D eigenvalue weighted by molar-refractivity contribution is -0.296. The number of ketones is 2. The highest BCUT2D eigenvalue weighted by Crippen LogP contribution is 2.39. The predicted octanol–water partition coefficient (Wildman–Crippen LogP) is 2.68. The van der Waals surface area contributed by atoms with E-state index in [0.29, 0.717) is 5.56 Å². The smallest absolute Gasteiger partial charge is 0.351 e. The highest BCUT2D eigenvalue weighted by Gasteiger charge is 2.56. The first-order valence-corrected chi connectivity index (χ1v) is 22.3. The third-order valence-electron chi connectivity index (χ3n) is 12.3. The third kappa shape index (κ3) is 11.9. The Labute approximate surface area is 352 Å². The van der Waals surface area contributed by atoms with Crippen molar-refractivity contribution in [1.29, 1.82) is 0 Å². The lowest BCUT2D eigenvalue weighted by Crippen LogP contribution is -2.61. The van der Waals surface area contributed by atoms with E-state index < -0.39 is 123 Å². The van der Waals surface area contributed by atoms with Crippen LogP contribution in [0.4, 0.5) is 8.78 Å². The van der Waals surface area contributed by atoms with E-state index in [1.807, 2.05) is 0 Å². The largest absolute Gasteiger partial charge is 0.457 e. The van der Waals surface area contributed by atoms with Crippen molar-refractivity contribution in [2.75, 3.05) is 33.6 Å². The van der Waals surface area contributed by atoms with E-state index in [2.05, 4.69) is 5.32 Å². The van der Waals surface area contributed by atoms with Gasteiger partial charge in [-0.05, 0) is 78.1 Å². The van der Waals surface area contributed by atoms with Crippen molar-refractivity contribution in [2.45, 2.75) is 158 Å². The van der Waals surface area contributed by atoms with Gasteiger partial charge >= 0.3 is 5.97 Å². The predicted molar refractivity (Wildman–Crippen MR) is 216 cm³/mol. The molecule has 3 rings (SSSR count). The topological polar surface area (TPSA) is 215 Å². The Morgan fingerprint density at radius 1 is 1.07 bits per heavy atom. The Morgan fingerprint density at radius 3 is 2.20 bits per heavy atom. The molecule has 0 spiro atoms. The van der Waals surface area contributed by atoms with Gasteiger partial charge in [0.15, 0.2) is 21.9 Å². The molecule has 3 unspecified atom stereocenters. The number of rotatable bonds is 13. The summed E-state index contributed by atoms with van der Waals surface area (Å²) in [5.74, 6) is -7.38. The number of cyclic esters (lactones) is 1. The molecule has 4 N–H and O–H groups in total. The number of carbonyl (C=O) groups excluding carboxylic acids is 4. The number of carbonyl (C=O) groups is 4. The second-order valence-corrected chi connectivity index (χ2v) is 19.4. The first-order valence-electron chi connectivity index (χ1n) is 20.4. The maximum absolute atomic E-state index is 16.5. The maximum Gasteiger partial charge on any atom is 0.351 e. The highest BCUT2D eigenvalue weighted by atomic mass is 32.2. The summed E-state index contributed by atoms with van der Waals surface area (Å²) < 4.78 is 77.8. The normalized spacial score (nSPS) is 37.0. The molecule has 2 saturated heterocycles. The van der Waals surface area contributed by atoms with Crippen LogP contribution in [0, 0.1) is 17.8 Å². The van der Waals surface area contributed by atoms with Crippen LogP contribution in [0.25, 0.3) is 0 Å². The van der Waals surface area contributed by atoms with Gasteiger partial charge in [0.1, 0.15) is 30.3 Å². The molecular weight excluding hydrogens is 811 g/mol. The molecule has 18 heteroatoms. The summed E-state index contributed by atoms with van der Waals surface area (Å²) in [7, 11) is -0.439. The van der Waals surface area contributed by atoms with Gasteiger partial charge in [0.25, 0.3) is 5.67 Å². The van der Waals surface area contributed by atoms with Crippen LogP contribution in [0.1, 0.15) is 86.6 Å². The number of hydrogen-bond acceptors (Lipinski definition) is 14. The van der Waals surface area contributed by atoms with Crippen molar-refractivity contribution in [3.8, 4) is 0 Å². The summed E-state index contributed by atoms with van der Waals surface area (Å²) >= 11 is 0. The monoisotopic (exact) mass is 876 g/mol. The molecular formula is C42H66F2N2O13S. The average Bonchev–Trinajstić information content (AvgIpc) is 3.19. The molecule has 14 atom stereocenters. The average molecular weight is 877 g/mol. The van der Waals surface area contributed by atoms with E-state index in [9.17, 15) is 47.3 Å². The fourth-order valence-electron chi connectivity index (χ4n) is 8.41. The lowest BCUT2D eigenvalue weighted by atomic mass is 9.74.